The molecule has 2 heterocycles. The van der Waals surface area contributed by atoms with Crippen molar-refractivity contribution in [2.45, 2.75) is 45.9 Å². The standard InChI is InChI=1S/C30H27F2N3O7/c1-15-10-19(42-24-12-21(32)20(31)11-16(24)2)6-7-22(15)33-30(39)41-14-18-5-4-17-13-35(29(38)26(17)27(18)40-3)23-8-9-25(36)34-28(23)37/h4-7,10-12,23H,8-9,13-14H2,1-3H3,(H,33,39)(H,34,36,37). The Morgan fingerprint density at radius 3 is 2.52 bits per heavy atom. The van der Waals surface area contributed by atoms with Gasteiger partial charge in [0.2, 0.25) is 11.8 Å². The summed E-state index contributed by atoms with van der Waals surface area (Å²) in [5, 5.41) is 4.91. The summed E-state index contributed by atoms with van der Waals surface area (Å²) in [6, 6.07) is 9.42. The summed E-state index contributed by atoms with van der Waals surface area (Å²) in [5.74, 6) is -2.51. The molecule has 5 rings (SSSR count). The summed E-state index contributed by atoms with van der Waals surface area (Å²) < 4.78 is 43.6. The zero-order chi connectivity index (χ0) is 30.1. The van der Waals surface area contributed by atoms with E-state index in [0.29, 0.717) is 33.7 Å². The molecule has 1 saturated heterocycles. The first kappa shape index (κ1) is 28.5. The Labute approximate surface area is 239 Å². The van der Waals surface area contributed by atoms with Crippen LogP contribution in [0.25, 0.3) is 0 Å². The van der Waals surface area contributed by atoms with Crippen LogP contribution in [0.5, 0.6) is 17.2 Å². The van der Waals surface area contributed by atoms with Gasteiger partial charge in [-0.3, -0.25) is 25.0 Å². The number of hydrogen-bond donors (Lipinski definition) is 2. The van der Waals surface area contributed by atoms with Crippen LogP contribution in [-0.2, 0) is 27.5 Å². The lowest BCUT2D eigenvalue weighted by atomic mass is 10.0. The number of imide groups is 1. The molecule has 3 aromatic carbocycles. The molecule has 0 aromatic heterocycles. The lowest BCUT2D eigenvalue weighted by molar-refractivity contribution is -0.136. The van der Waals surface area contributed by atoms with Crippen LogP contribution < -0.4 is 20.1 Å². The second-order valence-electron chi connectivity index (χ2n) is 10.0. The number of rotatable bonds is 7. The van der Waals surface area contributed by atoms with Crippen molar-refractivity contribution in [2.75, 3.05) is 12.4 Å². The number of carbonyl (C=O) groups is 4. The predicted octanol–water partition coefficient (Wildman–Crippen LogP) is 4.89. The summed E-state index contributed by atoms with van der Waals surface area (Å²) in [6.45, 7) is 3.30. The molecule has 42 heavy (non-hydrogen) atoms. The monoisotopic (exact) mass is 579 g/mol. The molecule has 12 heteroatoms. The van der Waals surface area contributed by atoms with Gasteiger partial charge in [-0.15, -0.1) is 0 Å². The van der Waals surface area contributed by atoms with E-state index in [4.69, 9.17) is 14.2 Å². The number of halogens is 2. The summed E-state index contributed by atoms with van der Waals surface area (Å²) in [5.41, 5.74) is 2.87. The maximum atomic E-state index is 13.6. The molecule has 0 saturated carbocycles. The highest BCUT2D eigenvalue weighted by atomic mass is 19.2. The average molecular weight is 580 g/mol. The van der Waals surface area contributed by atoms with E-state index in [-0.39, 0.29) is 49.0 Å². The fourth-order valence-electron chi connectivity index (χ4n) is 5.00. The molecule has 1 atom stereocenters. The molecule has 0 bridgehead atoms. The molecule has 218 valence electrons. The molecule has 1 unspecified atom stereocenters. The number of nitrogens with one attached hydrogen (secondary N) is 2. The number of anilines is 1. The summed E-state index contributed by atoms with van der Waals surface area (Å²) >= 11 is 0. The number of carbonyl (C=O) groups excluding carboxylic acids is 4. The molecule has 4 amide bonds. The van der Waals surface area contributed by atoms with E-state index in [1.165, 1.54) is 12.0 Å². The second kappa shape index (κ2) is 11.5. The third kappa shape index (κ3) is 5.60. The van der Waals surface area contributed by atoms with Gasteiger partial charge in [0.25, 0.3) is 5.91 Å². The smallest absolute Gasteiger partial charge is 0.411 e. The van der Waals surface area contributed by atoms with Crippen molar-refractivity contribution in [3.8, 4) is 17.2 Å². The van der Waals surface area contributed by atoms with Gasteiger partial charge < -0.3 is 19.1 Å². The molecule has 2 aliphatic rings. The third-order valence-electron chi connectivity index (χ3n) is 7.17. The highest BCUT2D eigenvalue weighted by molar-refractivity contribution is 6.06. The van der Waals surface area contributed by atoms with E-state index in [1.807, 2.05) is 0 Å². The molecule has 0 spiro atoms. The predicted molar refractivity (Wildman–Crippen MR) is 145 cm³/mol. The molecule has 3 aromatic rings. The van der Waals surface area contributed by atoms with Crippen molar-refractivity contribution in [1.82, 2.24) is 10.2 Å². The van der Waals surface area contributed by atoms with Crippen LogP contribution >= 0.6 is 0 Å². The first-order valence-corrected chi connectivity index (χ1v) is 13.1. The first-order valence-electron chi connectivity index (χ1n) is 13.1. The van der Waals surface area contributed by atoms with E-state index in [2.05, 4.69) is 10.6 Å². The maximum absolute atomic E-state index is 13.6. The molecule has 10 nitrogen and oxygen atoms in total. The van der Waals surface area contributed by atoms with Gasteiger partial charge in [-0.2, -0.15) is 0 Å². The van der Waals surface area contributed by atoms with E-state index in [1.54, 1.807) is 44.2 Å². The van der Waals surface area contributed by atoms with Gasteiger partial charge >= 0.3 is 6.09 Å². The number of fused-ring (bicyclic) bond motifs is 1. The SMILES string of the molecule is COc1c(COC(=O)Nc2ccc(Oc3cc(F)c(F)cc3C)cc2C)ccc2c1C(=O)N(C1CCC(=O)NC1=O)C2. The first-order chi connectivity index (χ1) is 20.0. The summed E-state index contributed by atoms with van der Waals surface area (Å²) in [7, 11) is 1.40. The number of nitrogens with zero attached hydrogens (tertiary/aromatic N) is 1. The molecular formula is C30H27F2N3O7. The largest absolute Gasteiger partial charge is 0.495 e. The minimum absolute atomic E-state index is 0.144. The van der Waals surface area contributed by atoms with E-state index in [9.17, 15) is 28.0 Å². The number of aryl methyl sites for hydroxylation is 2. The van der Waals surface area contributed by atoms with Crippen LogP contribution in [0, 0.1) is 25.5 Å². The van der Waals surface area contributed by atoms with Crippen molar-refractivity contribution in [2.24, 2.45) is 0 Å². The fourth-order valence-corrected chi connectivity index (χ4v) is 5.00. The number of amides is 4. The van der Waals surface area contributed by atoms with Crippen LogP contribution in [0.4, 0.5) is 19.3 Å². The highest BCUT2D eigenvalue weighted by Crippen LogP contribution is 2.36. The molecule has 0 radical (unpaired) electrons. The number of piperidine rings is 1. The van der Waals surface area contributed by atoms with Gasteiger partial charge in [-0.1, -0.05) is 12.1 Å². The Hall–Kier alpha value is -5.00. The Morgan fingerprint density at radius 1 is 1.05 bits per heavy atom. The quantitative estimate of drug-likeness (QED) is 0.382. The highest BCUT2D eigenvalue weighted by Gasteiger charge is 2.41. The van der Waals surface area contributed by atoms with Crippen LogP contribution in [0.15, 0.2) is 42.5 Å². The van der Waals surface area contributed by atoms with Gasteiger partial charge in [0.1, 0.15) is 29.9 Å². The van der Waals surface area contributed by atoms with Gasteiger partial charge in [0, 0.05) is 30.3 Å². The Balaban J connectivity index is 1.23. The summed E-state index contributed by atoms with van der Waals surface area (Å²) in [6.07, 6.45) is -0.382. The van der Waals surface area contributed by atoms with E-state index >= 15 is 0 Å². The van der Waals surface area contributed by atoms with Gasteiger partial charge in [0.05, 0.1) is 12.7 Å². The Kier molecular flexibility index (Phi) is 7.79. The number of methoxy groups -OCH3 is 1. The lowest BCUT2D eigenvalue weighted by Gasteiger charge is -2.29. The van der Waals surface area contributed by atoms with Gasteiger partial charge in [-0.05, 0) is 61.2 Å². The van der Waals surface area contributed by atoms with Gasteiger partial charge in [0.15, 0.2) is 11.6 Å². The minimum Gasteiger partial charge on any atom is -0.495 e. The number of hydrogen-bond acceptors (Lipinski definition) is 7. The zero-order valence-corrected chi connectivity index (χ0v) is 23.0. The minimum atomic E-state index is -1.02. The van der Waals surface area contributed by atoms with E-state index < -0.39 is 35.6 Å². The maximum Gasteiger partial charge on any atom is 0.411 e. The summed E-state index contributed by atoms with van der Waals surface area (Å²) in [4.78, 5) is 51.2. The lowest BCUT2D eigenvalue weighted by Crippen LogP contribution is -2.52. The molecule has 2 N–H and O–H groups in total. The topological polar surface area (TPSA) is 123 Å². The van der Waals surface area contributed by atoms with Crippen LogP contribution in [-0.4, -0.2) is 41.9 Å². The van der Waals surface area contributed by atoms with Crippen LogP contribution in [0.3, 0.4) is 0 Å². The number of benzene rings is 3. The van der Waals surface area contributed by atoms with Crippen molar-refractivity contribution < 1.29 is 42.2 Å². The molecule has 1 fully saturated rings. The van der Waals surface area contributed by atoms with Crippen molar-refractivity contribution in [3.05, 3.63) is 81.9 Å². The zero-order valence-electron chi connectivity index (χ0n) is 23.0. The molecular weight excluding hydrogens is 552 g/mol. The van der Waals surface area contributed by atoms with Crippen LogP contribution in [0.1, 0.15) is 45.5 Å². The van der Waals surface area contributed by atoms with Crippen molar-refractivity contribution in [3.63, 3.8) is 0 Å². The van der Waals surface area contributed by atoms with E-state index in [0.717, 1.165) is 12.1 Å². The van der Waals surface area contributed by atoms with Crippen molar-refractivity contribution in [1.29, 1.82) is 0 Å². The molecule has 0 aliphatic carbocycles. The molecule has 2 aliphatic heterocycles. The van der Waals surface area contributed by atoms with Crippen LogP contribution in [0.2, 0.25) is 0 Å². The third-order valence-corrected chi connectivity index (χ3v) is 7.17. The van der Waals surface area contributed by atoms with Crippen molar-refractivity contribution >= 4 is 29.5 Å². The Morgan fingerprint density at radius 2 is 1.81 bits per heavy atom. The second-order valence-corrected chi connectivity index (χ2v) is 10.0. The fraction of sp³-hybridized carbons (Fsp3) is 0.267. The average Bonchev–Trinajstić information content (AvgIpc) is 3.27. The number of ether oxygens (including phenoxy) is 3. The van der Waals surface area contributed by atoms with Gasteiger partial charge in [-0.25, -0.2) is 13.6 Å². The normalized spacial score (nSPS) is 16.2. The Bertz CT molecular complexity index is 1620.